The Bertz CT molecular complexity index is 1360. The van der Waals surface area contributed by atoms with E-state index in [9.17, 15) is 10.2 Å². The van der Waals surface area contributed by atoms with Crippen molar-refractivity contribution in [3.8, 4) is 0 Å². The third-order valence-electron chi connectivity index (χ3n) is 10.6. The monoisotopic (exact) mass is 484 g/mol. The number of pyridine rings is 1. The van der Waals surface area contributed by atoms with E-state index in [1.54, 1.807) is 0 Å². The summed E-state index contributed by atoms with van der Waals surface area (Å²) in [7, 11) is 3.97. The van der Waals surface area contributed by atoms with Gasteiger partial charge in [-0.1, -0.05) is 44.2 Å². The van der Waals surface area contributed by atoms with Gasteiger partial charge < -0.3 is 19.8 Å². The Hall–Kier alpha value is -2.31. The van der Waals surface area contributed by atoms with Crippen molar-refractivity contribution >= 4 is 16.3 Å². The maximum atomic E-state index is 11.2. The largest absolute Gasteiger partial charge is 0.388 e. The minimum Gasteiger partial charge on any atom is -0.388 e. The van der Waals surface area contributed by atoms with E-state index in [2.05, 4.69) is 61.3 Å². The molecule has 2 spiro atoms. The lowest BCUT2D eigenvalue weighted by atomic mass is 9.54. The van der Waals surface area contributed by atoms with Crippen LogP contribution in [0.15, 0.2) is 66.0 Å². The number of hydrogen-bond donors (Lipinski definition) is 2. The van der Waals surface area contributed by atoms with Crippen LogP contribution in [-0.2, 0) is 4.74 Å². The molecular formula is C31H36N2O3. The molecule has 1 saturated carbocycles. The van der Waals surface area contributed by atoms with Crippen molar-refractivity contribution in [2.75, 3.05) is 14.1 Å². The molecule has 2 bridgehead atoms. The van der Waals surface area contributed by atoms with Gasteiger partial charge in [-0.25, -0.2) is 0 Å². The fraction of sp³-hybridized carbons (Fsp3) is 0.516. The van der Waals surface area contributed by atoms with Gasteiger partial charge in [0, 0.05) is 35.2 Å². The molecule has 7 rings (SSSR count). The van der Waals surface area contributed by atoms with E-state index in [-0.39, 0.29) is 17.1 Å². The number of likely N-dealkylation sites (N-methyl/N-ethyl adjacent to an activating group) is 1. The number of allylic oxidation sites excluding steroid dienone is 3. The molecular weight excluding hydrogens is 448 g/mol. The molecule has 5 heteroatoms. The van der Waals surface area contributed by atoms with Crippen molar-refractivity contribution in [2.45, 2.75) is 69.0 Å². The molecule has 2 aromatic rings. The maximum Gasteiger partial charge on any atom is 0.105 e. The number of aromatic nitrogens is 1. The predicted molar refractivity (Wildman–Crippen MR) is 141 cm³/mol. The zero-order valence-electron chi connectivity index (χ0n) is 21.6. The quantitative estimate of drug-likeness (QED) is 0.657. The fourth-order valence-electron chi connectivity index (χ4n) is 8.51. The van der Waals surface area contributed by atoms with E-state index in [4.69, 9.17) is 4.74 Å². The van der Waals surface area contributed by atoms with Gasteiger partial charge in [-0.15, -0.1) is 0 Å². The molecule has 1 aromatic carbocycles. The number of benzene rings is 1. The second-order valence-electron chi connectivity index (χ2n) is 12.3. The van der Waals surface area contributed by atoms with Crippen molar-refractivity contribution in [1.82, 2.24) is 9.88 Å². The number of nitrogens with zero attached hydrogens (tertiary/aromatic N) is 2. The number of rotatable bonds is 2. The van der Waals surface area contributed by atoms with Crippen LogP contribution in [-0.4, -0.2) is 63.6 Å². The highest BCUT2D eigenvalue weighted by molar-refractivity contribution is 5.87. The summed E-state index contributed by atoms with van der Waals surface area (Å²) in [5, 5.41) is 24.5. The summed E-state index contributed by atoms with van der Waals surface area (Å²) in [5.74, 6) is 0.647. The number of aliphatic hydroxyl groups excluding tert-OH is 2. The Balaban J connectivity index is 1.33. The highest BCUT2D eigenvalue weighted by atomic mass is 16.5. The fourth-order valence-corrected chi connectivity index (χ4v) is 8.51. The lowest BCUT2D eigenvalue weighted by Gasteiger charge is -2.57. The van der Waals surface area contributed by atoms with Gasteiger partial charge >= 0.3 is 0 Å². The van der Waals surface area contributed by atoms with E-state index in [1.165, 1.54) is 27.5 Å². The van der Waals surface area contributed by atoms with Crippen LogP contribution >= 0.6 is 0 Å². The van der Waals surface area contributed by atoms with Gasteiger partial charge in [0.05, 0.1) is 17.3 Å². The minimum atomic E-state index is -0.893. The second-order valence-corrected chi connectivity index (χ2v) is 12.3. The smallest absolute Gasteiger partial charge is 0.105 e. The summed E-state index contributed by atoms with van der Waals surface area (Å²) in [6, 6.07) is 8.71. The Morgan fingerprint density at radius 3 is 2.75 bits per heavy atom. The van der Waals surface area contributed by atoms with E-state index in [1.807, 2.05) is 31.4 Å². The molecule has 5 nitrogen and oxygen atoms in total. The average Bonchev–Trinajstić information content (AvgIpc) is 3.39. The molecule has 2 aliphatic heterocycles. The van der Waals surface area contributed by atoms with Crippen LogP contribution in [0.5, 0.6) is 0 Å². The molecule has 5 aliphatic rings. The summed E-state index contributed by atoms with van der Waals surface area (Å²) in [6.07, 6.45) is 12.7. The van der Waals surface area contributed by atoms with Crippen LogP contribution in [0.3, 0.4) is 0 Å². The molecule has 2 N–H and O–H groups in total. The van der Waals surface area contributed by atoms with Gasteiger partial charge in [0.1, 0.15) is 6.10 Å². The molecule has 36 heavy (non-hydrogen) atoms. The number of ether oxygens (including phenoxy) is 1. The van der Waals surface area contributed by atoms with Crippen molar-refractivity contribution in [2.24, 2.45) is 17.3 Å². The number of hydrogen-bond acceptors (Lipinski definition) is 5. The summed E-state index contributed by atoms with van der Waals surface area (Å²) < 4.78 is 7.28. The molecule has 2 fully saturated rings. The van der Waals surface area contributed by atoms with Crippen molar-refractivity contribution in [3.63, 3.8) is 0 Å². The third kappa shape index (κ3) is 2.72. The van der Waals surface area contributed by atoms with Crippen LogP contribution in [0.25, 0.3) is 16.3 Å². The van der Waals surface area contributed by atoms with Crippen molar-refractivity contribution in [1.29, 1.82) is 0 Å². The number of aliphatic hydroxyl groups is 2. The van der Waals surface area contributed by atoms with Crippen LogP contribution in [0.2, 0.25) is 0 Å². The Labute approximate surface area is 213 Å². The molecule has 188 valence electrons. The van der Waals surface area contributed by atoms with Gasteiger partial charge in [0.2, 0.25) is 0 Å². The first-order valence-corrected chi connectivity index (χ1v) is 13.4. The van der Waals surface area contributed by atoms with Crippen LogP contribution < -0.4 is 0 Å². The van der Waals surface area contributed by atoms with Gasteiger partial charge in [-0.05, 0) is 85.5 Å². The van der Waals surface area contributed by atoms with Gasteiger partial charge in [0.25, 0.3) is 0 Å². The molecule has 3 aliphatic carbocycles. The predicted octanol–water partition coefficient (Wildman–Crippen LogP) is 4.50. The zero-order chi connectivity index (χ0) is 25.0. The highest BCUT2D eigenvalue weighted by Gasteiger charge is 2.68. The van der Waals surface area contributed by atoms with E-state index >= 15 is 0 Å². The van der Waals surface area contributed by atoms with Crippen LogP contribution in [0.4, 0.5) is 0 Å². The SMILES string of the molecule is CC1C=C2C=C3[C@@H](O)[C@H](O)[C@@H](N(C)C)C[C@]34CC[C@]2(O4)C2CC=C(c3ccc4ccncc4c3)[C@@]12C. The Morgan fingerprint density at radius 1 is 1.11 bits per heavy atom. The molecule has 2 unspecified atom stereocenters. The topological polar surface area (TPSA) is 65.8 Å². The normalized spacial score (nSPS) is 43.0. The van der Waals surface area contributed by atoms with E-state index in [0.29, 0.717) is 11.8 Å². The Kier molecular flexibility index (Phi) is 4.69. The van der Waals surface area contributed by atoms with Crippen molar-refractivity contribution < 1.29 is 14.9 Å². The average molecular weight is 485 g/mol. The van der Waals surface area contributed by atoms with Crippen LogP contribution in [0, 0.1) is 17.3 Å². The molecule has 0 radical (unpaired) electrons. The first-order chi connectivity index (χ1) is 17.2. The standard InChI is InChI=1S/C31H36N2O3/c1-18-13-22-15-24-27(34)28(35)25(33(3)4)16-30(24)10-11-31(22,36-30)26-8-7-23(29(18,26)2)20-6-5-19-9-12-32-17-21(19)14-20/h5-7,9,12-15,17-18,25-28,34-35H,8,10-11,16H2,1-4H3/t18?,25-,26?,27+,28+,29+,30+,31+/m0/s1. The molecule has 3 heterocycles. The van der Waals surface area contributed by atoms with Gasteiger partial charge in [-0.3, -0.25) is 4.98 Å². The summed E-state index contributed by atoms with van der Waals surface area (Å²) in [4.78, 5) is 6.39. The zero-order valence-corrected chi connectivity index (χ0v) is 21.6. The van der Waals surface area contributed by atoms with Crippen molar-refractivity contribution in [3.05, 3.63) is 71.6 Å². The second kappa shape index (κ2) is 7.38. The molecule has 8 atom stereocenters. The molecule has 1 aromatic heterocycles. The summed E-state index contributed by atoms with van der Waals surface area (Å²) in [5.41, 5.74) is 3.90. The third-order valence-corrected chi connectivity index (χ3v) is 10.6. The van der Waals surface area contributed by atoms with Gasteiger partial charge in [-0.2, -0.15) is 0 Å². The first-order valence-electron chi connectivity index (χ1n) is 13.4. The van der Waals surface area contributed by atoms with E-state index in [0.717, 1.165) is 31.3 Å². The summed E-state index contributed by atoms with van der Waals surface area (Å²) in [6.45, 7) is 4.77. The molecule has 1 saturated heterocycles. The maximum absolute atomic E-state index is 11.2. The van der Waals surface area contributed by atoms with E-state index < -0.39 is 17.8 Å². The highest BCUT2D eigenvalue weighted by Crippen LogP contribution is 2.69. The minimum absolute atomic E-state index is 0.0516. The lowest BCUT2D eigenvalue weighted by molar-refractivity contribution is -0.165. The lowest BCUT2D eigenvalue weighted by Crippen LogP contribution is -2.62. The van der Waals surface area contributed by atoms with Gasteiger partial charge in [0.15, 0.2) is 0 Å². The first kappa shape index (κ1) is 22.9. The number of fused-ring (bicyclic) bond motifs is 2. The summed E-state index contributed by atoms with van der Waals surface area (Å²) >= 11 is 0. The molecule has 0 amide bonds. The Morgan fingerprint density at radius 2 is 1.94 bits per heavy atom. The van der Waals surface area contributed by atoms with Crippen LogP contribution in [0.1, 0.15) is 45.1 Å².